The molecule has 0 fully saturated rings. The Morgan fingerprint density at radius 1 is 0.471 bits per heavy atom. The molecule has 0 aliphatic carbocycles. The first-order chi connectivity index (χ1) is 32.6. The van der Waals surface area contributed by atoms with Gasteiger partial charge in [0.1, 0.15) is 35.2 Å². The van der Waals surface area contributed by atoms with Gasteiger partial charge in [-0.2, -0.15) is 0 Å². The zero-order valence-electron chi connectivity index (χ0n) is 44.7. The highest BCUT2D eigenvalue weighted by molar-refractivity contribution is 5.98. The second-order valence-electron chi connectivity index (χ2n) is 20.5. The van der Waals surface area contributed by atoms with Crippen LogP contribution in [0, 0.1) is 23.7 Å². The maximum absolute atomic E-state index is 13.5. The van der Waals surface area contributed by atoms with Crippen LogP contribution in [-0.2, 0) is 52.7 Å². The minimum Gasteiger partial charge on any atom is -0.467 e. The highest BCUT2D eigenvalue weighted by Gasteiger charge is 2.36. The van der Waals surface area contributed by atoms with Crippen LogP contribution in [0.4, 0.5) is 0 Å². The van der Waals surface area contributed by atoms with Crippen LogP contribution in [0.15, 0.2) is 0 Å². The van der Waals surface area contributed by atoms with Crippen LogP contribution < -0.4 is 53.2 Å². The zero-order valence-corrected chi connectivity index (χ0v) is 44.7. The predicted molar refractivity (Wildman–Crippen MR) is 267 cm³/mol. The van der Waals surface area contributed by atoms with E-state index in [-0.39, 0.29) is 42.5 Å². The van der Waals surface area contributed by atoms with Crippen molar-refractivity contribution in [3.63, 3.8) is 0 Å². The molecule has 0 radical (unpaired) electrons. The highest BCUT2D eigenvalue weighted by atomic mass is 16.5. The van der Waals surface area contributed by atoms with Crippen molar-refractivity contribution in [3.05, 3.63) is 0 Å². The van der Waals surface area contributed by atoms with Gasteiger partial charge < -0.3 is 57.9 Å². The van der Waals surface area contributed by atoms with Crippen LogP contribution in [-0.4, -0.2) is 134 Å². The zero-order chi connectivity index (χ0) is 53.8. The first kappa shape index (κ1) is 64.7. The average molecular weight is 995 g/mol. The van der Waals surface area contributed by atoms with Crippen LogP contribution in [0.1, 0.15) is 154 Å². The standard InChI is InChI=1S/C49H90N10O11/c1-15-17-18-19-20-21-22-50-26-38(61)54-34(23-30(3)4)42(64)58-48(10,11)46(68)52-27-37(60)51-28-39(62)55-35(24-31(5)6)43(65)59-49(12,13)47(69)53-29-40(63)57-41(33(9)16-2)44(66)56-36(25-32(7)8)45(67)70-14/h30-36,41,50H,15-29H2,1-14H3,(H,51,60)(H,52,68)(H,53,69)(H,54,61)(H,55,62)(H,56,66)(H,57,63)(H,58,64)(H,59,65)/t33-,34-,35-,36-,41-/m0/s1. The van der Waals surface area contributed by atoms with Crippen molar-refractivity contribution in [1.82, 2.24) is 53.2 Å². The van der Waals surface area contributed by atoms with Gasteiger partial charge in [0, 0.05) is 0 Å². The Morgan fingerprint density at radius 2 is 0.886 bits per heavy atom. The molecule has 402 valence electrons. The van der Waals surface area contributed by atoms with Crippen molar-refractivity contribution in [1.29, 1.82) is 0 Å². The molecule has 0 spiro atoms. The normalized spacial score (nSPS) is 13.7. The third kappa shape index (κ3) is 27.2. The van der Waals surface area contributed by atoms with Crippen molar-refractivity contribution < 1.29 is 52.7 Å². The summed E-state index contributed by atoms with van der Waals surface area (Å²) in [5.74, 6) is -6.71. The molecule has 9 amide bonds. The highest BCUT2D eigenvalue weighted by Crippen LogP contribution is 2.13. The van der Waals surface area contributed by atoms with E-state index in [1.165, 1.54) is 54.1 Å². The van der Waals surface area contributed by atoms with E-state index < -0.39 is 108 Å². The fraction of sp³-hybridized carbons (Fsp3) is 0.796. The minimum atomic E-state index is -1.58. The summed E-state index contributed by atoms with van der Waals surface area (Å²) in [7, 11) is 1.22. The fourth-order valence-electron chi connectivity index (χ4n) is 7.05. The number of nitrogens with one attached hydrogen (secondary N) is 10. The van der Waals surface area contributed by atoms with E-state index in [1.807, 2.05) is 48.5 Å². The molecule has 21 nitrogen and oxygen atoms in total. The number of methoxy groups -OCH3 is 1. The number of rotatable bonds is 35. The number of ether oxygens (including phenoxy) is 1. The summed E-state index contributed by atoms with van der Waals surface area (Å²) in [5, 5.41) is 26.3. The first-order valence-corrected chi connectivity index (χ1v) is 25.0. The van der Waals surface area contributed by atoms with Gasteiger partial charge in [-0.3, -0.25) is 43.2 Å². The summed E-state index contributed by atoms with van der Waals surface area (Å²) in [6.45, 7) is 21.8. The van der Waals surface area contributed by atoms with Crippen LogP contribution in [0.25, 0.3) is 0 Å². The van der Waals surface area contributed by atoms with E-state index in [0.717, 1.165) is 19.3 Å². The van der Waals surface area contributed by atoms with Gasteiger partial charge in [0.05, 0.1) is 33.3 Å². The molecule has 0 saturated carbocycles. The van der Waals surface area contributed by atoms with Crippen molar-refractivity contribution >= 4 is 59.1 Å². The number of carbonyl (C=O) groups excluding carboxylic acids is 10. The average Bonchev–Trinajstić information content (AvgIpc) is 3.27. The monoisotopic (exact) mass is 995 g/mol. The first-order valence-electron chi connectivity index (χ1n) is 25.0. The Kier molecular flexibility index (Phi) is 30.7. The Morgan fingerprint density at radius 3 is 1.34 bits per heavy atom. The largest absolute Gasteiger partial charge is 0.467 e. The van der Waals surface area contributed by atoms with Crippen molar-refractivity contribution in [2.75, 3.05) is 39.8 Å². The van der Waals surface area contributed by atoms with Crippen LogP contribution in [0.2, 0.25) is 0 Å². The topological polar surface area (TPSA) is 300 Å². The third-order valence-corrected chi connectivity index (χ3v) is 11.3. The molecule has 70 heavy (non-hydrogen) atoms. The number of carbonyl (C=O) groups is 10. The molecular formula is C49H90N10O11. The summed E-state index contributed by atoms with van der Waals surface area (Å²) in [4.78, 5) is 130. The Labute approximate surface area is 416 Å². The molecule has 0 aromatic rings. The van der Waals surface area contributed by atoms with Crippen molar-refractivity contribution in [2.24, 2.45) is 23.7 Å². The fourth-order valence-corrected chi connectivity index (χ4v) is 7.05. The molecule has 0 heterocycles. The lowest BCUT2D eigenvalue weighted by atomic mass is 9.97. The summed E-state index contributed by atoms with van der Waals surface area (Å²) < 4.78 is 4.84. The maximum Gasteiger partial charge on any atom is 0.328 e. The molecule has 0 aliphatic heterocycles. The van der Waals surface area contributed by atoms with Crippen LogP contribution in [0.5, 0.6) is 0 Å². The lowest BCUT2D eigenvalue weighted by Crippen LogP contribution is -2.61. The van der Waals surface area contributed by atoms with E-state index in [1.54, 1.807) is 6.92 Å². The number of amides is 9. The molecule has 0 bridgehead atoms. The Balaban J connectivity index is 5.31. The quantitative estimate of drug-likeness (QED) is 0.0318. The second kappa shape index (κ2) is 33.3. The van der Waals surface area contributed by atoms with Crippen LogP contribution in [0.3, 0.4) is 0 Å². The lowest BCUT2D eigenvalue weighted by molar-refractivity contribution is -0.146. The van der Waals surface area contributed by atoms with Gasteiger partial charge in [-0.25, -0.2) is 4.79 Å². The number of hydrogen-bond acceptors (Lipinski definition) is 12. The number of hydrogen-bond donors (Lipinski definition) is 10. The molecule has 0 aliphatic rings. The predicted octanol–water partition coefficient (Wildman–Crippen LogP) is 1.37. The molecule has 0 saturated heterocycles. The van der Waals surface area contributed by atoms with Crippen LogP contribution >= 0.6 is 0 Å². The minimum absolute atomic E-state index is 0.0484. The van der Waals surface area contributed by atoms with Gasteiger partial charge in [0.2, 0.25) is 53.2 Å². The SMILES string of the molecule is CCCCCCCCNCC(=O)N[C@@H](CC(C)C)C(=O)NC(C)(C)C(=O)NCC(=O)NCC(=O)N[C@@H](CC(C)C)C(=O)NC(C)(C)C(=O)NCC(=O)N[C@H](C(=O)N[C@@H](CC(C)C)C(=O)OC)[C@@H](C)CC. The van der Waals surface area contributed by atoms with E-state index in [0.29, 0.717) is 25.8 Å². The molecule has 5 atom stereocenters. The Bertz CT molecular complexity index is 1720. The molecule has 10 N–H and O–H groups in total. The van der Waals surface area contributed by atoms with E-state index in [9.17, 15) is 47.9 Å². The third-order valence-electron chi connectivity index (χ3n) is 11.3. The number of unbranched alkanes of at least 4 members (excludes halogenated alkanes) is 5. The van der Waals surface area contributed by atoms with Gasteiger partial charge in [-0.1, -0.05) is 101 Å². The summed E-state index contributed by atoms with van der Waals surface area (Å²) >= 11 is 0. The molecule has 0 aromatic heterocycles. The lowest BCUT2D eigenvalue weighted by Gasteiger charge is -2.29. The maximum atomic E-state index is 13.5. The van der Waals surface area contributed by atoms with E-state index in [2.05, 4.69) is 60.1 Å². The Hall–Kier alpha value is -5.34. The molecule has 0 rings (SSSR count). The smallest absolute Gasteiger partial charge is 0.328 e. The van der Waals surface area contributed by atoms with Gasteiger partial charge in [0.15, 0.2) is 0 Å². The van der Waals surface area contributed by atoms with Gasteiger partial charge in [0.25, 0.3) is 0 Å². The number of esters is 1. The van der Waals surface area contributed by atoms with Gasteiger partial charge in [-0.15, -0.1) is 0 Å². The molecule has 21 heteroatoms. The van der Waals surface area contributed by atoms with Gasteiger partial charge in [-0.05, 0) is 83.6 Å². The summed E-state index contributed by atoms with van der Waals surface area (Å²) in [5.41, 5.74) is -3.07. The summed E-state index contributed by atoms with van der Waals surface area (Å²) in [6, 6.07) is -3.98. The van der Waals surface area contributed by atoms with E-state index in [4.69, 9.17) is 4.74 Å². The molecular weight excluding hydrogens is 905 g/mol. The van der Waals surface area contributed by atoms with Gasteiger partial charge >= 0.3 is 5.97 Å². The summed E-state index contributed by atoms with van der Waals surface area (Å²) in [6.07, 6.45) is 8.08. The van der Waals surface area contributed by atoms with Crippen molar-refractivity contribution in [3.8, 4) is 0 Å². The van der Waals surface area contributed by atoms with Crippen molar-refractivity contribution in [2.45, 2.75) is 189 Å². The second-order valence-corrected chi connectivity index (χ2v) is 20.5. The van der Waals surface area contributed by atoms with E-state index >= 15 is 0 Å². The molecule has 0 aromatic carbocycles. The molecule has 0 unspecified atom stereocenters.